The number of anilines is 1. The summed E-state index contributed by atoms with van der Waals surface area (Å²) in [7, 11) is 0. The minimum absolute atomic E-state index is 0.697. The van der Waals surface area contributed by atoms with Crippen LogP contribution in [0, 0.1) is 6.92 Å². The number of hydrogen-bond acceptors (Lipinski definition) is 5. The lowest BCUT2D eigenvalue weighted by molar-refractivity contribution is 0.728. The third-order valence-electron chi connectivity index (χ3n) is 2.63. The van der Waals surface area contributed by atoms with Crippen LogP contribution in [-0.4, -0.2) is 23.3 Å². The first kappa shape index (κ1) is 13.0. The molecule has 0 spiro atoms. The van der Waals surface area contributed by atoms with E-state index in [-0.39, 0.29) is 0 Å². The van der Waals surface area contributed by atoms with E-state index in [2.05, 4.69) is 39.4 Å². The SMILES string of the molecule is Cc1nnc(N(CCCN)Cc2ccccc2)s1. The molecule has 0 saturated heterocycles. The molecular weight excluding hydrogens is 244 g/mol. The Bertz CT molecular complexity index is 469. The zero-order valence-corrected chi connectivity index (χ0v) is 11.4. The molecule has 0 aliphatic carbocycles. The Kier molecular flexibility index (Phi) is 4.66. The summed E-state index contributed by atoms with van der Waals surface area (Å²) in [5.41, 5.74) is 6.87. The minimum Gasteiger partial charge on any atom is -0.342 e. The normalized spacial score (nSPS) is 10.6. The summed E-state index contributed by atoms with van der Waals surface area (Å²) in [5, 5.41) is 10.3. The van der Waals surface area contributed by atoms with E-state index in [0.29, 0.717) is 6.54 Å². The Morgan fingerprint density at radius 3 is 2.61 bits per heavy atom. The van der Waals surface area contributed by atoms with Crippen LogP contribution in [0.2, 0.25) is 0 Å². The highest BCUT2D eigenvalue weighted by atomic mass is 32.1. The second-order valence-corrected chi connectivity index (χ2v) is 5.31. The van der Waals surface area contributed by atoms with Crippen LogP contribution in [-0.2, 0) is 6.54 Å². The highest BCUT2D eigenvalue weighted by Gasteiger charge is 2.11. The zero-order valence-electron chi connectivity index (χ0n) is 10.5. The van der Waals surface area contributed by atoms with Crippen molar-refractivity contribution >= 4 is 16.5 Å². The van der Waals surface area contributed by atoms with Gasteiger partial charge in [-0.1, -0.05) is 41.7 Å². The Labute approximate surface area is 111 Å². The van der Waals surface area contributed by atoms with Gasteiger partial charge >= 0.3 is 0 Å². The molecule has 4 nitrogen and oxygen atoms in total. The van der Waals surface area contributed by atoms with Crippen LogP contribution in [0.25, 0.3) is 0 Å². The summed E-state index contributed by atoms with van der Waals surface area (Å²) in [6.07, 6.45) is 0.964. The lowest BCUT2D eigenvalue weighted by Gasteiger charge is -2.21. The van der Waals surface area contributed by atoms with Crippen LogP contribution in [0.5, 0.6) is 0 Å². The lowest BCUT2D eigenvalue weighted by atomic mass is 10.2. The number of nitrogens with two attached hydrogens (primary N) is 1. The first-order valence-electron chi connectivity index (χ1n) is 6.08. The zero-order chi connectivity index (χ0) is 12.8. The van der Waals surface area contributed by atoms with Gasteiger partial charge in [0, 0.05) is 13.1 Å². The molecule has 1 heterocycles. The van der Waals surface area contributed by atoms with E-state index in [1.165, 1.54) is 5.56 Å². The van der Waals surface area contributed by atoms with E-state index >= 15 is 0 Å². The van der Waals surface area contributed by atoms with Gasteiger partial charge in [-0.25, -0.2) is 0 Å². The fourth-order valence-corrected chi connectivity index (χ4v) is 2.45. The van der Waals surface area contributed by atoms with Crippen LogP contribution in [0.4, 0.5) is 5.13 Å². The second-order valence-electron chi connectivity index (χ2n) is 4.15. The van der Waals surface area contributed by atoms with Crippen LogP contribution in [0.15, 0.2) is 30.3 Å². The molecule has 0 radical (unpaired) electrons. The van der Waals surface area contributed by atoms with Gasteiger partial charge < -0.3 is 10.6 Å². The van der Waals surface area contributed by atoms with Crippen LogP contribution < -0.4 is 10.6 Å². The third kappa shape index (κ3) is 3.51. The molecule has 0 bridgehead atoms. The number of rotatable bonds is 6. The minimum atomic E-state index is 0.697. The van der Waals surface area contributed by atoms with Gasteiger partial charge in [0.15, 0.2) is 0 Å². The molecule has 0 amide bonds. The van der Waals surface area contributed by atoms with Crippen LogP contribution in [0.3, 0.4) is 0 Å². The standard InChI is InChI=1S/C13H18N4S/c1-11-15-16-13(18-11)17(9-5-8-14)10-12-6-3-2-4-7-12/h2-4,6-7H,5,8-10,14H2,1H3. The summed E-state index contributed by atoms with van der Waals surface area (Å²) in [5.74, 6) is 0. The van der Waals surface area contributed by atoms with Crippen molar-refractivity contribution in [2.24, 2.45) is 5.73 Å². The predicted octanol–water partition coefficient (Wildman–Crippen LogP) is 2.20. The van der Waals surface area contributed by atoms with Crippen molar-refractivity contribution in [2.75, 3.05) is 18.0 Å². The fourth-order valence-electron chi connectivity index (χ4n) is 1.74. The van der Waals surface area contributed by atoms with Gasteiger partial charge in [-0.2, -0.15) is 0 Å². The van der Waals surface area contributed by atoms with Gasteiger partial charge in [-0.05, 0) is 25.5 Å². The summed E-state index contributed by atoms with van der Waals surface area (Å²) in [4.78, 5) is 2.24. The number of hydrogen-bond donors (Lipinski definition) is 1. The number of benzene rings is 1. The third-order valence-corrected chi connectivity index (χ3v) is 3.53. The molecule has 0 saturated carbocycles. The molecule has 0 atom stereocenters. The molecule has 0 aliphatic rings. The second kappa shape index (κ2) is 6.47. The Hall–Kier alpha value is -1.46. The van der Waals surface area contributed by atoms with Crippen molar-refractivity contribution in [2.45, 2.75) is 19.9 Å². The highest BCUT2D eigenvalue weighted by Crippen LogP contribution is 2.21. The van der Waals surface area contributed by atoms with E-state index in [4.69, 9.17) is 5.73 Å². The maximum atomic E-state index is 5.59. The first-order chi connectivity index (χ1) is 8.79. The quantitative estimate of drug-likeness (QED) is 0.867. The van der Waals surface area contributed by atoms with Gasteiger partial charge in [0.2, 0.25) is 5.13 Å². The number of nitrogens with zero attached hydrogens (tertiary/aromatic N) is 3. The summed E-state index contributed by atoms with van der Waals surface area (Å²) < 4.78 is 0. The van der Waals surface area contributed by atoms with E-state index < -0.39 is 0 Å². The van der Waals surface area contributed by atoms with Gasteiger partial charge in [0.1, 0.15) is 5.01 Å². The Balaban J connectivity index is 2.10. The average molecular weight is 262 g/mol. The van der Waals surface area contributed by atoms with Gasteiger partial charge in [0.05, 0.1) is 0 Å². The molecule has 0 aliphatic heterocycles. The Morgan fingerprint density at radius 2 is 2.00 bits per heavy atom. The van der Waals surface area contributed by atoms with E-state index in [1.807, 2.05) is 13.0 Å². The summed E-state index contributed by atoms with van der Waals surface area (Å²) >= 11 is 1.63. The van der Waals surface area contributed by atoms with Crippen molar-refractivity contribution < 1.29 is 0 Å². The van der Waals surface area contributed by atoms with Crippen LogP contribution >= 0.6 is 11.3 Å². The van der Waals surface area contributed by atoms with Gasteiger partial charge in [-0.3, -0.25) is 0 Å². The average Bonchev–Trinajstić information content (AvgIpc) is 2.82. The lowest BCUT2D eigenvalue weighted by Crippen LogP contribution is -2.25. The molecule has 0 unspecified atom stereocenters. The molecule has 96 valence electrons. The molecule has 5 heteroatoms. The predicted molar refractivity (Wildman–Crippen MR) is 75.8 cm³/mol. The summed E-state index contributed by atoms with van der Waals surface area (Å²) in [6, 6.07) is 10.4. The summed E-state index contributed by atoms with van der Waals surface area (Å²) in [6.45, 7) is 4.45. The number of aryl methyl sites for hydroxylation is 1. The molecule has 1 aromatic carbocycles. The highest BCUT2D eigenvalue weighted by molar-refractivity contribution is 7.15. The van der Waals surface area contributed by atoms with Gasteiger partial charge in [-0.15, -0.1) is 10.2 Å². The van der Waals surface area contributed by atoms with Crippen LogP contribution in [0.1, 0.15) is 17.0 Å². The largest absolute Gasteiger partial charge is 0.342 e. The maximum Gasteiger partial charge on any atom is 0.208 e. The Morgan fingerprint density at radius 1 is 1.22 bits per heavy atom. The topological polar surface area (TPSA) is 55.0 Å². The molecule has 2 rings (SSSR count). The van der Waals surface area contributed by atoms with Crippen molar-refractivity contribution in [3.8, 4) is 0 Å². The van der Waals surface area contributed by atoms with Gasteiger partial charge in [0.25, 0.3) is 0 Å². The molecule has 2 N–H and O–H groups in total. The van der Waals surface area contributed by atoms with E-state index in [9.17, 15) is 0 Å². The first-order valence-corrected chi connectivity index (χ1v) is 6.90. The van der Waals surface area contributed by atoms with Crippen molar-refractivity contribution in [1.29, 1.82) is 0 Å². The van der Waals surface area contributed by atoms with E-state index in [0.717, 1.165) is 29.6 Å². The molecule has 2 aromatic rings. The van der Waals surface area contributed by atoms with Crippen molar-refractivity contribution in [3.05, 3.63) is 40.9 Å². The molecule has 18 heavy (non-hydrogen) atoms. The van der Waals surface area contributed by atoms with E-state index in [1.54, 1.807) is 11.3 Å². The molecule has 0 fully saturated rings. The molecular formula is C13H18N4S. The van der Waals surface area contributed by atoms with Crippen molar-refractivity contribution in [1.82, 2.24) is 10.2 Å². The smallest absolute Gasteiger partial charge is 0.208 e. The van der Waals surface area contributed by atoms with Crippen molar-refractivity contribution in [3.63, 3.8) is 0 Å². The maximum absolute atomic E-state index is 5.59. The monoisotopic (exact) mass is 262 g/mol. The fraction of sp³-hybridized carbons (Fsp3) is 0.385. The number of aromatic nitrogens is 2. The molecule has 1 aromatic heterocycles.